The van der Waals surface area contributed by atoms with Gasteiger partial charge in [-0.2, -0.15) is 0 Å². The second-order valence-electron chi connectivity index (χ2n) is 4.84. The van der Waals surface area contributed by atoms with E-state index < -0.39 is 23.6 Å². The van der Waals surface area contributed by atoms with Gasteiger partial charge < -0.3 is 19.6 Å². The molecule has 0 aliphatic carbocycles. The van der Waals surface area contributed by atoms with E-state index in [0.29, 0.717) is 11.4 Å². The Labute approximate surface area is 131 Å². The predicted molar refractivity (Wildman–Crippen MR) is 80.4 cm³/mol. The van der Waals surface area contributed by atoms with Crippen molar-refractivity contribution in [3.63, 3.8) is 0 Å². The van der Waals surface area contributed by atoms with Crippen LogP contribution in [0, 0.1) is 5.92 Å². The van der Waals surface area contributed by atoms with E-state index in [0.717, 1.165) is 0 Å². The third-order valence-electron chi connectivity index (χ3n) is 2.98. The van der Waals surface area contributed by atoms with Gasteiger partial charge in [-0.15, -0.1) is 0 Å². The number of carboxylic acids is 1. The number of nitrogens with one attached hydrogen (secondary N) is 1. The largest absolute Gasteiger partial charge is 0.493 e. The van der Waals surface area contributed by atoms with Crippen LogP contribution in [0.1, 0.15) is 17.5 Å². The Morgan fingerprint density at radius 2 is 1.91 bits per heavy atom. The number of anilines is 1. The molecule has 1 amide bonds. The van der Waals surface area contributed by atoms with Crippen LogP contribution < -0.4 is 10.1 Å². The number of aliphatic carboxylic acids is 1. The summed E-state index contributed by atoms with van der Waals surface area (Å²) in [4.78, 5) is 34.2. The predicted octanol–water partition coefficient (Wildman–Crippen LogP) is 2.20. The Kier molecular flexibility index (Phi) is 5.14. The van der Waals surface area contributed by atoms with E-state index in [4.69, 9.17) is 14.3 Å². The molecule has 7 heteroatoms. The third kappa shape index (κ3) is 4.44. The van der Waals surface area contributed by atoms with Crippen molar-refractivity contribution in [1.82, 2.24) is 0 Å². The van der Waals surface area contributed by atoms with Crippen LogP contribution in [0.25, 0.3) is 0 Å². The second kappa shape index (κ2) is 7.26. The van der Waals surface area contributed by atoms with Crippen LogP contribution in [-0.4, -0.2) is 29.4 Å². The SMILES string of the molecule is CC(COc1ccc(NC(=O)C(=O)c2ccco2)cc1)C(=O)O. The van der Waals surface area contributed by atoms with Crippen LogP contribution in [0.5, 0.6) is 5.75 Å². The highest BCUT2D eigenvalue weighted by atomic mass is 16.5. The number of carbonyl (C=O) groups excluding carboxylic acids is 2. The Morgan fingerprint density at radius 1 is 1.22 bits per heavy atom. The lowest BCUT2D eigenvalue weighted by Crippen LogP contribution is -2.22. The highest BCUT2D eigenvalue weighted by molar-refractivity contribution is 6.45. The van der Waals surface area contributed by atoms with Crippen molar-refractivity contribution in [2.24, 2.45) is 5.92 Å². The maximum Gasteiger partial charge on any atom is 0.309 e. The summed E-state index contributed by atoms with van der Waals surface area (Å²) in [7, 11) is 0. The molecule has 0 spiro atoms. The quantitative estimate of drug-likeness (QED) is 0.599. The summed E-state index contributed by atoms with van der Waals surface area (Å²) in [6, 6.07) is 9.17. The molecule has 0 bridgehead atoms. The number of ether oxygens (including phenoxy) is 1. The second-order valence-corrected chi connectivity index (χ2v) is 4.84. The van der Waals surface area contributed by atoms with E-state index >= 15 is 0 Å². The smallest absolute Gasteiger partial charge is 0.309 e. The molecule has 2 rings (SSSR count). The van der Waals surface area contributed by atoms with Gasteiger partial charge >= 0.3 is 5.97 Å². The van der Waals surface area contributed by atoms with E-state index in [1.807, 2.05) is 0 Å². The summed E-state index contributed by atoms with van der Waals surface area (Å²) in [5, 5.41) is 11.2. The van der Waals surface area contributed by atoms with Crippen molar-refractivity contribution in [2.75, 3.05) is 11.9 Å². The van der Waals surface area contributed by atoms with Crippen molar-refractivity contribution in [1.29, 1.82) is 0 Å². The molecule has 7 nitrogen and oxygen atoms in total. The number of Topliss-reactive ketones (excluding diaryl/α,β-unsaturated/α-hetero) is 1. The molecule has 1 aromatic carbocycles. The van der Waals surface area contributed by atoms with Gasteiger partial charge in [-0.1, -0.05) is 0 Å². The van der Waals surface area contributed by atoms with Gasteiger partial charge in [0.15, 0.2) is 5.76 Å². The van der Waals surface area contributed by atoms with Gasteiger partial charge in [0, 0.05) is 5.69 Å². The molecule has 0 saturated heterocycles. The molecule has 0 aliphatic rings. The van der Waals surface area contributed by atoms with Gasteiger partial charge in [-0.05, 0) is 43.3 Å². The van der Waals surface area contributed by atoms with Gasteiger partial charge in [-0.25, -0.2) is 0 Å². The van der Waals surface area contributed by atoms with Gasteiger partial charge in [0.25, 0.3) is 11.7 Å². The summed E-state index contributed by atoms with van der Waals surface area (Å²) < 4.78 is 10.2. The molecular formula is C16H15NO6. The number of carbonyl (C=O) groups is 3. The van der Waals surface area contributed by atoms with Crippen LogP contribution in [0.4, 0.5) is 5.69 Å². The lowest BCUT2D eigenvalue weighted by atomic mass is 10.2. The van der Waals surface area contributed by atoms with Gasteiger partial charge in [0.1, 0.15) is 12.4 Å². The number of rotatable bonds is 7. The number of ketones is 1. The van der Waals surface area contributed by atoms with E-state index in [2.05, 4.69) is 5.32 Å². The van der Waals surface area contributed by atoms with Crippen LogP contribution in [-0.2, 0) is 9.59 Å². The minimum Gasteiger partial charge on any atom is -0.493 e. The first-order chi connectivity index (χ1) is 11.0. The van der Waals surface area contributed by atoms with Crippen LogP contribution in [0.2, 0.25) is 0 Å². The van der Waals surface area contributed by atoms with Gasteiger partial charge in [-0.3, -0.25) is 14.4 Å². The third-order valence-corrected chi connectivity index (χ3v) is 2.98. The first-order valence-electron chi connectivity index (χ1n) is 6.82. The van der Waals surface area contributed by atoms with Crippen LogP contribution in [0.3, 0.4) is 0 Å². The minimum absolute atomic E-state index is 0.0369. The molecule has 1 aromatic heterocycles. The summed E-state index contributed by atoms with van der Waals surface area (Å²) in [5.41, 5.74) is 0.411. The highest BCUT2D eigenvalue weighted by Gasteiger charge is 2.18. The molecule has 2 aromatic rings. The number of benzene rings is 1. The monoisotopic (exact) mass is 317 g/mol. The summed E-state index contributed by atoms with van der Waals surface area (Å²) in [6.07, 6.45) is 1.31. The van der Waals surface area contributed by atoms with Crippen molar-refractivity contribution in [3.05, 3.63) is 48.4 Å². The average molecular weight is 317 g/mol. The fraction of sp³-hybridized carbons (Fsp3) is 0.188. The zero-order valence-electron chi connectivity index (χ0n) is 12.3. The molecular weight excluding hydrogens is 302 g/mol. The number of hydrogen-bond donors (Lipinski definition) is 2. The molecule has 0 aliphatic heterocycles. The fourth-order valence-corrected chi connectivity index (χ4v) is 1.63. The van der Waals surface area contributed by atoms with E-state index in [1.165, 1.54) is 25.3 Å². The number of carboxylic acid groups (broad SMARTS) is 1. The molecule has 0 radical (unpaired) electrons. The van der Waals surface area contributed by atoms with Crippen molar-refractivity contribution in [2.45, 2.75) is 6.92 Å². The van der Waals surface area contributed by atoms with E-state index in [9.17, 15) is 14.4 Å². The van der Waals surface area contributed by atoms with Gasteiger partial charge in [0.2, 0.25) is 0 Å². The normalized spacial score (nSPS) is 11.5. The molecule has 0 fully saturated rings. The first kappa shape index (κ1) is 16.3. The topological polar surface area (TPSA) is 106 Å². The Bertz CT molecular complexity index is 690. The Morgan fingerprint density at radius 3 is 2.48 bits per heavy atom. The summed E-state index contributed by atoms with van der Waals surface area (Å²) in [5.74, 6) is -2.72. The van der Waals surface area contributed by atoms with Crippen molar-refractivity contribution in [3.8, 4) is 5.75 Å². The first-order valence-corrected chi connectivity index (χ1v) is 6.82. The maximum absolute atomic E-state index is 11.8. The molecule has 23 heavy (non-hydrogen) atoms. The van der Waals surface area contributed by atoms with E-state index in [1.54, 1.807) is 24.3 Å². The molecule has 1 heterocycles. The molecule has 120 valence electrons. The van der Waals surface area contributed by atoms with E-state index in [-0.39, 0.29) is 12.4 Å². The number of hydrogen-bond acceptors (Lipinski definition) is 5. The number of furan rings is 1. The summed E-state index contributed by atoms with van der Waals surface area (Å²) in [6.45, 7) is 1.58. The fourth-order valence-electron chi connectivity index (χ4n) is 1.63. The number of amides is 1. The lowest BCUT2D eigenvalue weighted by Gasteiger charge is -2.10. The lowest BCUT2D eigenvalue weighted by molar-refractivity contribution is -0.142. The van der Waals surface area contributed by atoms with Crippen molar-refractivity contribution >= 4 is 23.3 Å². The van der Waals surface area contributed by atoms with Gasteiger partial charge in [0.05, 0.1) is 12.2 Å². The maximum atomic E-state index is 11.8. The average Bonchev–Trinajstić information content (AvgIpc) is 3.07. The molecule has 1 unspecified atom stereocenters. The van der Waals surface area contributed by atoms with Crippen LogP contribution >= 0.6 is 0 Å². The Hall–Kier alpha value is -3.09. The standard InChI is InChI=1S/C16H15NO6/c1-10(16(20)21)9-23-12-6-4-11(5-7-12)17-15(19)14(18)13-3-2-8-22-13/h2-8,10H,9H2,1H3,(H,17,19)(H,20,21). The molecule has 1 atom stereocenters. The van der Waals surface area contributed by atoms with Crippen molar-refractivity contribution < 1.29 is 28.6 Å². The minimum atomic E-state index is -0.940. The zero-order valence-corrected chi connectivity index (χ0v) is 12.3. The highest BCUT2D eigenvalue weighted by Crippen LogP contribution is 2.17. The molecule has 2 N–H and O–H groups in total. The Balaban J connectivity index is 1.91. The molecule has 0 saturated carbocycles. The summed E-state index contributed by atoms with van der Waals surface area (Å²) >= 11 is 0. The zero-order chi connectivity index (χ0) is 16.8. The van der Waals surface area contributed by atoms with Crippen LogP contribution in [0.15, 0.2) is 47.1 Å².